The summed E-state index contributed by atoms with van der Waals surface area (Å²) in [5, 5.41) is 11.8. The van der Waals surface area contributed by atoms with Gasteiger partial charge in [-0.15, -0.1) is 0 Å². The van der Waals surface area contributed by atoms with Gasteiger partial charge in [0, 0.05) is 35.4 Å². The second-order valence-corrected chi connectivity index (χ2v) is 9.95. The van der Waals surface area contributed by atoms with Crippen molar-refractivity contribution in [2.24, 2.45) is 5.10 Å². The van der Waals surface area contributed by atoms with E-state index in [0.29, 0.717) is 34.2 Å². The molecule has 7 nitrogen and oxygen atoms in total. The van der Waals surface area contributed by atoms with Gasteiger partial charge in [-0.25, -0.2) is 9.69 Å². The van der Waals surface area contributed by atoms with Crippen LogP contribution in [0.5, 0.6) is 11.5 Å². The third kappa shape index (κ3) is 5.08. The van der Waals surface area contributed by atoms with Crippen LogP contribution in [0, 0.1) is 0 Å². The van der Waals surface area contributed by atoms with Crippen molar-refractivity contribution < 1.29 is 14.3 Å². The molecule has 0 spiro atoms. The Bertz CT molecular complexity index is 1730. The van der Waals surface area contributed by atoms with Gasteiger partial charge in [0.1, 0.15) is 11.5 Å². The second kappa shape index (κ2) is 11.3. The number of benzene rings is 4. The van der Waals surface area contributed by atoms with Gasteiger partial charge < -0.3 is 9.47 Å². The molecule has 0 radical (unpaired) electrons. The third-order valence-electron chi connectivity index (χ3n) is 7.11. The van der Waals surface area contributed by atoms with Crippen LogP contribution in [0.1, 0.15) is 33.9 Å². The minimum absolute atomic E-state index is 0.297. The van der Waals surface area contributed by atoms with Crippen LogP contribution in [0.4, 0.5) is 0 Å². The first-order valence-electron chi connectivity index (χ1n) is 13.2. The Hall–Kier alpha value is -4.88. The van der Waals surface area contributed by atoms with Crippen molar-refractivity contribution in [2.45, 2.75) is 12.5 Å². The van der Waals surface area contributed by atoms with Gasteiger partial charge in [-0.05, 0) is 36.4 Å². The number of ether oxygens (including phenoxy) is 2. The molecule has 0 unspecified atom stereocenters. The smallest absolute Gasteiger partial charge is 0.276 e. The average molecular weight is 563 g/mol. The van der Waals surface area contributed by atoms with Crippen molar-refractivity contribution in [2.75, 3.05) is 14.2 Å². The van der Waals surface area contributed by atoms with Crippen LogP contribution >= 0.6 is 11.6 Å². The fraction of sp³-hybridized carbons (Fsp3) is 0.121. The third-order valence-corrected chi connectivity index (χ3v) is 7.44. The van der Waals surface area contributed by atoms with Crippen LogP contribution in [0.15, 0.2) is 114 Å². The van der Waals surface area contributed by atoms with Crippen LogP contribution in [0.25, 0.3) is 16.9 Å². The monoisotopic (exact) mass is 562 g/mol. The van der Waals surface area contributed by atoms with E-state index in [-0.39, 0.29) is 5.91 Å². The highest BCUT2D eigenvalue weighted by atomic mass is 35.5. The predicted molar refractivity (Wildman–Crippen MR) is 160 cm³/mol. The van der Waals surface area contributed by atoms with Crippen LogP contribution < -0.4 is 9.47 Å². The first-order chi connectivity index (χ1) is 20.1. The van der Waals surface area contributed by atoms with Crippen molar-refractivity contribution in [3.05, 3.63) is 131 Å². The Morgan fingerprint density at radius 3 is 2.29 bits per heavy atom. The second-order valence-electron chi connectivity index (χ2n) is 9.54. The summed E-state index contributed by atoms with van der Waals surface area (Å²) >= 11 is 6.49. The molecule has 5 aromatic rings. The molecule has 2 heterocycles. The molecule has 0 aliphatic carbocycles. The molecule has 1 aliphatic heterocycles. The molecular formula is C33H27ClN4O3. The van der Waals surface area contributed by atoms with Gasteiger partial charge in [-0.2, -0.15) is 10.2 Å². The molecule has 8 heteroatoms. The Morgan fingerprint density at radius 2 is 1.59 bits per heavy atom. The normalized spacial score (nSPS) is 14.6. The maximum atomic E-state index is 14.1. The summed E-state index contributed by atoms with van der Waals surface area (Å²) in [5.74, 6) is 0.979. The zero-order chi connectivity index (χ0) is 28.3. The average Bonchev–Trinajstić information content (AvgIpc) is 3.67. The topological polar surface area (TPSA) is 69.0 Å². The number of hydrogen-bond donors (Lipinski definition) is 0. The minimum Gasteiger partial charge on any atom is -0.497 e. The van der Waals surface area contributed by atoms with Gasteiger partial charge in [0.25, 0.3) is 5.91 Å². The number of hydrazone groups is 1. The number of rotatable bonds is 7. The fourth-order valence-electron chi connectivity index (χ4n) is 5.06. The van der Waals surface area contributed by atoms with Crippen LogP contribution in [0.3, 0.4) is 0 Å². The maximum absolute atomic E-state index is 14.1. The van der Waals surface area contributed by atoms with Crippen LogP contribution in [-0.2, 0) is 0 Å². The summed E-state index contributed by atoms with van der Waals surface area (Å²) in [6.07, 6.45) is 2.43. The minimum atomic E-state index is -0.451. The van der Waals surface area contributed by atoms with Crippen LogP contribution in [0.2, 0.25) is 5.02 Å². The van der Waals surface area contributed by atoms with Crippen molar-refractivity contribution in [1.29, 1.82) is 0 Å². The number of hydrogen-bond acceptors (Lipinski definition) is 5. The molecule has 204 valence electrons. The predicted octanol–water partition coefficient (Wildman–Crippen LogP) is 7.20. The Labute approximate surface area is 243 Å². The zero-order valence-corrected chi connectivity index (χ0v) is 23.3. The molecule has 41 heavy (non-hydrogen) atoms. The van der Waals surface area contributed by atoms with Crippen molar-refractivity contribution >= 4 is 23.2 Å². The number of aromatic nitrogens is 2. The molecule has 0 bridgehead atoms. The van der Waals surface area contributed by atoms with E-state index in [2.05, 4.69) is 0 Å². The lowest BCUT2D eigenvalue weighted by molar-refractivity contribution is 0.0712. The van der Waals surface area contributed by atoms with Gasteiger partial charge in [-0.3, -0.25) is 4.79 Å². The first kappa shape index (κ1) is 26.3. The molecule has 1 aliphatic rings. The van der Waals surface area contributed by atoms with Gasteiger partial charge >= 0.3 is 0 Å². The van der Waals surface area contributed by atoms with E-state index >= 15 is 0 Å². The molecule has 4 aromatic carbocycles. The van der Waals surface area contributed by atoms with Crippen molar-refractivity contribution in [3.63, 3.8) is 0 Å². The van der Waals surface area contributed by atoms with Gasteiger partial charge in [0.2, 0.25) is 0 Å². The SMILES string of the molecule is COc1ccc(C2=NN(C(=O)c3ccccc3Cl)[C@H](c3cn(-c4ccccc4)nc3-c3ccccc3)C2)c(OC)c1. The molecule has 0 N–H and O–H groups in total. The molecule has 0 saturated carbocycles. The molecule has 1 amide bonds. The van der Waals surface area contributed by atoms with E-state index in [1.165, 1.54) is 5.01 Å². The lowest BCUT2D eigenvalue weighted by atomic mass is 9.95. The molecular weight excluding hydrogens is 536 g/mol. The highest BCUT2D eigenvalue weighted by molar-refractivity contribution is 6.33. The van der Waals surface area contributed by atoms with Gasteiger partial charge in [0.15, 0.2) is 0 Å². The van der Waals surface area contributed by atoms with Crippen molar-refractivity contribution in [1.82, 2.24) is 14.8 Å². The number of carbonyl (C=O) groups is 1. The molecule has 6 rings (SSSR count). The summed E-state index contributed by atoms with van der Waals surface area (Å²) in [6.45, 7) is 0. The van der Waals surface area contributed by atoms with E-state index < -0.39 is 6.04 Å². The van der Waals surface area contributed by atoms with Crippen molar-refractivity contribution in [3.8, 4) is 28.4 Å². The number of carbonyl (C=O) groups excluding carboxylic acids is 1. The number of halogens is 1. The highest BCUT2D eigenvalue weighted by Crippen LogP contribution is 2.41. The van der Waals surface area contributed by atoms with E-state index in [0.717, 1.165) is 28.1 Å². The summed E-state index contributed by atoms with van der Waals surface area (Å²) in [6, 6.07) is 32.0. The summed E-state index contributed by atoms with van der Waals surface area (Å²) in [4.78, 5) is 14.1. The lowest BCUT2D eigenvalue weighted by Crippen LogP contribution is -2.27. The summed E-state index contributed by atoms with van der Waals surface area (Å²) in [5.41, 5.74) is 5.36. The number of methoxy groups -OCH3 is 2. The molecule has 1 aromatic heterocycles. The Kier molecular flexibility index (Phi) is 7.27. The molecule has 0 fully saturated rings. The molecule has 0 saturated heterocycles. The Morgan fingerprint density at radius 1 is 0.878 bits per heavy atom. The lowest BCUT2D eigenvalue weighted by Gasteiger charge is -2.22. The van der Waals surface area contributed by atoms with E-state index in [9.17, 15) is 4.79 Å². The zero-order valence-electron chi connectivity index (χ0n) is 22.6. The van der Waals surface area contributed by atoms with Gasteiger partial charge in [-0.1, -0.05) is 72.3 Å². The summed E-state index contributed by atoms with van der Waals surface area (Å²) in [7, 11) is 3.21. The highest BCUT2D eigenvalue weighted by Gasteiger charge is 2.38. The quantitative estimate of drug-likeness (QED) is 0.210. The van der Waals surface area contributed by atoms with E-state index in [4.69, 9.17) is 31.3 Å². The van der Waals surface area contributed by atoms with Crippen LogP contribution in [-0.4, -0.2) is 40.6 Å². The van der Waals surface area contributed by atoms with E-state index in [1.807, 2.05) is 89.7 Å². The maximum Gasteiger partial charge on any atom is 0.276 e. The van der Waals surface area contributed by atoms with E-state index in [1.54, 1.807) is 38.5 Å². The summed E-state index contributed by atoms with van der Waals surface area (Å²) < 4.78 is 12.9. The fourth-order valence-corrected chi connectivity index (χ4v) is 5.28. The molecule has 1 atom stereocenters. The van der Waals surface area contributed by atoms with Gasteiger partial charge in [0.05, 0.1) is 47.9 Å². The Balaban J connectivity index is 1.51. The number of para-hydroxylation sites is 1. The number of amides is 1. The largest absolute Gasteiger partial charge is 0.497 e. The first-order valence-corrected chi connectivity index (χ1v) is 13.5. The number of nitrogens with zero attached hydrogens (tertiary/aromatic N) is 4. The standard InChI is InChI=1S/C33H27ClN4O3/c1-40-24-17-18-26(31(19-24)41-2)29-20-30(38(35-29)33(39)25-15-9-10-16-28(25)34)27-21-37(23-13-7-4-8-14-23)36-32(27)22-11-5-3-6-12-22/h3-19,21,30H,20H2,1-2H3/t30-/m0/s1.